The summed E-state index contributed by atoms with van der Waals surface area (Å²) in [5.74, 6) is -0.726. The lowest BCUT2D eigenvalue weighted by Gasteiger charge is -2.35. The van der Waals surface area contributed by atoms with E-state index in [9.17, 15) is 14.0 Å². The molecule has 0 saturated carbocycles. The number of rotatable bonds is 7. The second-order valence-corrected chi connectivity index (χ2v) is 8.14. The normalized spacial score (nSPS) is 15.5. The zero-order valence-electron chi connectivity index (χ0n) is 18.2. The highest BCUT2D eigenvalue weighted by atomic mass is 19.1. The molecule has 2 aromatic rings. The van der Waals surface area contributed by atoms with E-state index in [2.05, 4.69) is 15.5 Å². The van der Waals surface area contributed by atoms with Crippen LogP contribution in [0.4, 0.5) is 10.1 Å². The van der Waals surface area contributed by atoms with Gasteiger partial charge in [-0.25, -0.2) is 4.39 Å². The molecule has 2 amide bonds. The first-order valence-electron chi connectivity index (χ1n) is 10.6. The number of hydrogen-bond acceptors (Lipinski definition) is 4. The zero-order valence-corrected chi connectivity index (χ0v) is 18.2. The van der Waals surface area contributed by atoms with Crippen molar-refractivity contribution in [2.45, 2.75) is 38.8 Å². The monoisotopic (exact) mass is 427 g/mol. The van der Waals surface area contributed by atoms with Gasteiger partial charge < -0.3 is 20.3 Å². The minimum absolute atomic E-state index is 0.0358. The third-order valence-electron chi connectivity index (χ3n) is 5.63. The van der Waals surface area contributed by atoms with Gasteiger partial charge in [0.15, 0.2) is 0 Å². The number of ether oxygens (including phenoxy) is 1. The van der Waals surface area contributed by atoms with Crippen LogP contribution in [0.5, 0.6) is 5.75 Å². The van der Waals surface area contributed by atoms with Crippen molar-refractivity contribution < 1.29 is 18.7 Å². The highest BCUT2D eigenvalue weighted by Gasteiger charge is 2.28. The first-order valence-corrected chi connectivity index (χ1v) is 10.6. The number of piperidine rings is 1. The van der Waals surface area contributed by atoms with E-state index in [0.717, 1.165) is 37.4 Å². The number of carbonyl (C=O) groups excluding carboxylic acids is 2. The number of nitrogens with zero attached hydrogens (tertiary/aromatic N) is 1. The van der Waals surface area contributed by atoms with Gasteiger partial charge in [-0.15, -0.1) is 0 Å². The average Bonchev–Trinajstić information content (AvgIpc) is 2.78. The van der Waals surface area contributed by atoms with Gasteiger partial charge in [-0.1, -0.05) is 26.0 Å². The molecule has 3 rings (SSSR count). The summed E-state index contributed by atoms with van der Waals surface area (Å²) in [7, 11) is 1.65. The Hall–Kier alpha value is -3.09. The summed E-state index contributed by atoms with van der Waals surface area (Å²) in [6.07, 6.45) is 1.62. The van der Waals surface area contributed by atoms with Crippen LogP contribution in [-0.4, -0.2) is 44.1 Å². The molecule has 7 heteroatoms. The molecule has 166 valence electrons. The first kappa shape index (κ1) is 22.6. The number of methoxy groups -OCH3 is 1. The van der Waals surface area contributed by atoms with Crippen molar-refractivity contribution in [3.63, 3.8) is 0 Å². The van der Waals surface area contributed by atoms with Crippen LogP contribution in [0.15, 0.2) is 48.5 Å². The molecule has 1 atom stereocenters. The minimum Gasteiger partial charge on any atom is -0.497 e. The topological polar surface area (TPSA) is 70.7 Å². The molecule has 1 unspecified atom stereocenters. The number of anilines is 1. The van der Waals surface area contributed by atoms with Crippen LogP contribution in [0.1, 0.15) is 37.0 Å². The molecule has 1 aliphatic rings. The van der Waals surface area contributed by atoms with Crippen molar-refractivity contribution in [3.8, 4) is 5.75 Å². The molecule has 6 nitrogen and oxygen atoms in total. The molecule has 31 heavy (non-hydrogen) atoms. The Morgan fingerprint density at radius 1 is 1.06 bits per heavy atom. The molecule has 0 aliphatic carbocycles. The molecule has 0 aromatic heterocycles. The van der Waals surface area contributed by atoms with Crippen LogP contribution in [-0.2, 0) is 4.79 Å². The summed E-state index contributed by atoms with van der Waals surface area (Å²) in [6.45, 7) is 5.37. The quantitative estimate of drug-likeness (QED) is 0.711. The summed E-state index contributed by atoms with van der Waals surface area (Å²) in [4.78, 5) is 27.6. The van der Waals surface area contributed by atoms with Gasteiger partial charge in [-0.3, -0.25) is 9.59 Å². The summed E-state index contributed by atoms with van der Waals surface area (Å²) >= 11 is 0. The standard InChI is InChI=1S/C24H30FN3O3/c1-16(2)22(27-23(29)20-6-4-5-7-21(20)25)24(30)26-17-12-14-28(15-13-17)18-8-10-19(31-3)11-9-18/h4-11,16-17,22H,12-15H2,1-3H3,(H,26,30)(H,27,29). The van der Waals surface area contributed by atoms with Gasteiger partial charge in [0.05, 0.1) is 12.7 Å². The van der Waals surface area contributed by atoms with Gasteiger partial charge in [0.1, 0.15) is 17.6 Å². The Bertz CT molecular complexity index is 893. The second-order valence-electron chi connectivity index (χ2n) is 8.14. The summed E-state index contributed by atoms with van der Waals surface area (Å²) in [5.41, 5.74) is 1.07. The van der Waals surface area contributed by atoms with E-state index in [1.54, 1.807) is 13.2 Å². The van der Waals surface area contributed by atoms with Crippen molar-refractivity contribution in [1.82, 2.24) is 10.6 Å². The van der Waals surface area contributed by atoms with Gasteiger partial charge in [-0.2, -0.15) is 0 Å². The van der Waals surface area contributed by atoms with Crippen LogP contribution in [0.25, 0.3) is 0 Å². The van der Waals surface area contributed by atoms with E-state index in [0.29, 0.717) is 0 Å². The number of benzene rings is 2. The van der Waals surface area contributed by atoms with Crippen molar-refractivity contribution in [1.29, 1.82) is 0 Å². The SMILES string of the molecule is COc1ccc(N2CCC(NC(=O)C(NC(=O)c3ccccc3F)C(C)C)CC2)cc1. The lowest BCUT2D eigenvalue weighted by Crippen LogP contribution is -2.54. The molecule has 1 heterocycles. The fourth-order valence-corrected chi connectivity index (χ4v) is 3.77. The summed E-state index contributed by atoms with van der Waals surface area (Å²) in [6, 6.07) is 13.0. The Balaban J connectivity index is 1.55. The summed E-state index contributed by atoms with van der Waals surface area (Å²) in [5, 5.41) is 5.76. The van der Waals surface area contributed by atoms with Gasteiger partial charge in [-0.05, 0) is 55.2 Å². The maximum absolute atomic E-state index is 13.9. The van der Waals surface area contributed by atoms with Crippen LogP contribution >= 0.6 is 0 Å². The predicted octanol–water partition coefficient (Wildman–Crippen LogP) is 3.37. The Kier molecular flexibility index (Phi) is 7.50. The van der Waals surface area contributed by atoms with Crippen LogP contribution < -0.4 is 20.3 Å². The lowest BCUT2D eigenvalue weighted by atomic mass is 10.00. The molecule has 0 spiro atoms. The number of carbonyl (C=O) groups is 2. The van der Waals surface area contributed by atoms with Crippen LogP contribution in [0, 0.1) is 11.7 Å². The Morgan fingerprint density at radius 2 is 1.71 bits per heavy atom. The molecule has 1 aliphatic heterocycles. The number of nitrogens with one attached hydrogen (secondary N) is 2. The Morgan fingerprint density at radius 3 is 2.29 bits per heavy atom. The van der Waals surface area contributed by atoms with E-state index in [-0.39, 0.29) is 23.4 Å². The van der Waals surface area contributed by atoms with Crippen molar-refractivity contribution >= 4 is 17.5 Å². The van der Waals surface area contributed by atoms with Gasteiger partial charge >= 0.3 is 0 Å². The third-order valence-corrected chi connectivity index (χ3v) is 5.63. The smallest absolute Gasteiger partial charge is 0.254 e. The molecule has 0 radical (unpaired) electrons. The van der Waals surface area contributed by atoms with Gasteiger partial charge in [0.25, 0.3) is 5.91 Å². The molecule has 2 N–H and O–H groups in total. The molecule has 0 bridgehead atoms. The van der Waals surface area contributed by atoms with E-state index >= 15 is 0 Å². The highest BCUT2D eigenvalue weighted by molar-refractivity contribution is 5.97. The van der Waals surface area contributed by atoms with Crippen molar-refractivity contribution in [2.24, 2.45) is 5.92 Å². The van der Waals surface area contributed by atoms with Gasteiger partial charge in [0.2, 0.25) is 5.91 Å². The first-order chi connectivity index (χ1) is 14.9. The fourth-order valence-electron chi connectivity index (χ4n) is 3.77. The average molecular weight is 428 g/mol. The van der Waals surface area contributed by atoms with Crippen molar-refractivity contribution in [3.05, 3.63) is 59.9 Å². The van der Waals surface area contributed by atoms with Gasteiger partial charge in [0, 0.05) is 24.8 Å². The maximum Gasteiger partial charge on any atom is 0.254 e. The molecule has 1 saturated heterocycles. The molecule has 1 fully saturated rings. The molecular weight excluding hydrogens is 397 g/mol. The number of hydrogen-bond donors (Lipinski definition) is 2. The lowest BCUT2D eigenvalue weighted by molar-refractivity contribution is -0.124. The van der Waals surface area contributed by atoms with E-state index in [4.69, 9.17) is 4.74 Å². The minimum atomic E-state index is -0.730. The Labute approximate surface area is 182 Å². The van der Waals surface area contributed by atoms with E-state index in [1.165, 1.54) is 18.2 Å². The number of halogens is 1. The maximum atomic E-state index is 13.9. The van der Waals surface area contributed by atoms with E-state index < -0.39 is 17.8 Å². The largest absolute Gasteiger partial charge is 0.497 e. The predicted molar refractivity (Wildman–Crippen MR) is 119 cm³/mol. The molecular formula is C24H30FN3O3. The zero-order chi connectivity index (χ0) is 22.4. The number of amides is 2. The molecule has 2 aromatic carbocycles. The highest BCUT2D eigenvalue weighted by Crippen LogP contribution is 2.23. The van der Waals surface area contributed by atoms with Crippen molar-refractivity contribution in [2.75, 3.05) is 25.1 Å². The third kappa shape index (κ3) is 5.75. The fraction of sp³-hybridized carbons (Fsp3) is 0.417. The second kappa shape index (κ2) is 10.3. The summed E-state index contributed by atoms with van der Waals surface area (Å²) < 4.78 is 19.1. The van der Waals surface area contributed by atoms with Crippen LogP contribution in [0.2, 0.25) is 0 Å². The van der Waals surface area contributed by atoms with Crippen LogP contribution in [0.3, 0.4) is 0 Å². The van der Waals surface area contributed by atoms with E-state index in [1.807, 2.05) is 38.1 Å².